The van der Waals surface area contributed by atoms with Crippen LogP contribution in [0.5, 0.6) is 0 Å². The molecule has 0 aliphatic carbocycles. The van der Waals surface area contributed by atoms with Gasteiger partial charge in [-0.15, -0.1) is 5.10 Å². The zero-order chi connectivity index (χ0) is 26.5. The van der Waals surface area contributed by atoms with Crippen LogP contribution in [0.3, 0.4) is 0 Å². The Morgan fingerprint density at radius 3 is 2.53 bits per heavy atom. The van der Waals surface area contributed by atoms with E-state index in [9.17, 15) is 9.59 Å². The van der Waals surface area contributed by atoms with E-state index < -0.39 is 6.04 Å². The molecule has 1 saturated heterocycles. The smallest absolute Gasteiger partial charge is 0.249 e. The molecule has 0 bridgehead atoms. The summed E-state index contributed by atoms with van der Waals surface area (Å²) < 4.78 is 7.27. The number of hydrogen-bond donors (Lipinski definition) is 1. The van der Waals surface area contributed by atoms with Crippen LogP contribution in [0.25, 0.3) is 11.0 Å². The lowest BCUT2D eigenvalue weighted by molar-refractivity contribution is -0.127. The van der Waals surface area contributed by atoms with Crippen LogP contribution in [-0.4, -0.2) is 51.0 Å². The van der Waals surface area contributed by atoms with Gasteiger partial charge in [0.25, 0.3) is 0 Å². The number of fused-ring (bicyclic) bond motifs is 1. The Balaban J connectivity index is 1.52. The first-order valence-electron chi connectivity index (χ1n) is 13.0. The van der Waals surface area contributed by atoms with Crippen molar-refractivity contribution in [3.63, 3.8) is 0 Å². The normalized spacial score (nSPS) is 16.0. The Morgan fingerprint density at radius 2 is 1.82 bits per heavy atom. The second-order valence-corrected chi connectivity index (χ2v) is 9.81. The van der Waals surface area contributed by atoms with E-state index in [1.807, 2.05) is 48.5 Å². The fourth-order valence-electron chi connectivity index (χ4n) is 4.78. The maximum Gasteiger partial charge on any atom is 0.249 e. The van der Waals surface area contributed by atoms with E-state index in [4.69, 9.17) is 4.74 Å². The first kappa shape index (κ1) is 25.5. The van der Waals surface area contributed by atoms with Crippen LogP contribution in [0.1, 0.15) is 49.8 Å². The van der Waals surface area contributed by atoms with Crippen molar-refractivity contribution in [2.24, 2.45) is 0 Å². The molecule has 38 heavy (non-hydrogen) atoms. The maximum atomic E-state index is 14.1. The number of para-hydroxylation sites is 1. The molecule has 0 unspecified atom stereocenters. The molecule has 4 aromatic rings. The highest BCUT2D eigenvalue weighted by atomic mass is 16.5. The zero-order valence-electron chi connectivity index (χ0n) is 21.7. The Labute approximate surface area is 221 Å². The topological polar surface area (TPSA) is 102 Å². The Hall–Kier alpha value is -4.11. The molecule has 0 saturated carbocycles. The number of rotatable bonds is 9. The van der Waals surface area contributed by atoms with Crippen molar-refractivity contribution in [2.45, 2.75) is 51.3 Å². The second-order valence-electron chi connectivity index (χ2n) is 9.81. The molecule has 0 spiro atoms. The summed E-state index contributed by atoms with van der Waals surface area (Å²) in [5.41, 5.74) is 3.88. The number of nitrogens with one attached hydrogen (secondary N) is 1. The van der Waals surface area contributed by atoms with E-state index in [-0.39, 0.29) is 24.5 Å². The van der Waals surface area contributed by atoms with Gasteiger partial charge in [-0.25, -0.2) is 4.68 Å². The molecule has 2 aromatic carbocycles. The van der Waals surface area contributed by atoms with Gasteiger partial charge in [0.15, 0.2) is 0 Å². The molecule has 5 rings (SSSR count). The van der Waals surface area contributed by atoms with Gasteiger partial charge in [-0.05, 0) is 66.3 Å². The number of hydrogen-bond acceptors (Lipinski definition) is 6. The molecule has 1 fully saturated rings. The van der Waals surface area contributed by atoms with E-state index in [0.717, 1.165) is 23.9 Å². The monoisotopic (exact) mass is 512 g/mol. The van der Waals surface area contributed by atoms with E-state index in [1.165, 1.54) is 0 Å². The Morgan fingerprint density at radius 1 is 1.05 bits per heavy atom. The quantitative estimate of drug-likeness (QED) is 0.363. The van der Waals surface area contributed by atoms with Crippen molar-refractivity contribution < 1.29 is 14.3 Å². The predicted molar refractivity (Wildman–Crippen MR) is 145 cm³/mol. The van der Waals surface area contributed by atoms with Crippen LogP contribution in [0.4, 0.5) is 5.69 Å². The van der Waals surface area contributed by atoms with Gasteiger partial charge in [0.2, 0.25) is 11.8 Å². The third-order valence-corrected chi connectivity index (χ3v) is 6.87. The molecule has 2 atom stereocenters. The molecular weight excluding hydrogens is 480 g/mol. The SMILES string of the molecule is CC(C)c1ccc(N(C(=O)Cn2nnc3ccccc32)[C@@H](C(=O)NC[C@@H]2CCCO2)c2ccncc2)cc1. The first-order valence-corrected chi connectivity index (χ1v) is 13.0. The molecule has 9 nitrogen and oxygen atoms in total. The molecule has 2 amide bonds. The molecule has 2 aromatic heterocycles. The average molecular weight is 513 g/mol. The van der Waals surface area contributed by atoms with Crippen LogP contribution in [-0.2, 0) is 20.9 Å². The fraction of sp³-hybridized carbons (Fsp3) is 0.345. The molecular formula is C29H32N6O3. The number of carbonyl (C=O) groups excluding carboxylic acids is 2. The largest absolute Gasteiger partial charge is 0.376 e. The molecule has 1 N–H and O–H groups in total. The van der Waals surface area contributed by atoms with Crippen LogP contribution >= 0.6 is 0 Å². The van der Waals surface area contributed by atoms with E-state index >= 15 is 0 Å². The average Bonchev–Trinajstić information content (AvgIpc) is 3.61. The minimum atomic E-state index is -0.911. The number of benzene rings is 2. The van der Waals surface area contributed by atoms with Gasteiger partial charge in [0.05, 0.1) is 11.6 Å². The highest BCUT2D eigenvalue weighted by Crippen LogP contribution is 2.30. The summed E-state index contributed by atoms with van der Waals surface area (Å²) in [4.78, 5) is 33.5. The number of aromatic nitrogens is 4. The number of amides is 2. The summed E-state index contributed by atoms with van der Waals surface area (Å²) >= 11 is 0. The molecule has 9 heteroatoms. The van der Waals surface area contributed by atoms with Gasteiger partial charge < -0.3 is 10.1 Å². The second kappa shape index (κ2) is 11.5. The third kappa shape index (κ3) is 5.57. The molecule has 196 valence electrons. The highest BCUT2D eigenvalue weighted by molar-refractivity contribution is 6.01. The highest BCUT2D eigenvalue weighted by Gasteiger charge is 2.34. The lowest BCUT2D eigenvalue weighted by atomic mass is 10.0. The number of ether oxygens (including phenoxy) is 1. The van der Waals surface area contributed by atoms with Crippen molar-refractivity contribution >= 4 is 28.5 Å². The van der Waals surface area contributed by atoms with Gasteiger partial charge in [-0.3, -0.25) is 19.5 Å². The van der Waals surface area contributed by atoms with Gasteiger partial charge >= 0.3 is 0 Å². The fourth-order valence-corrected chi connectivity index (χ4v) is 4.78. The zero-order valence-corrected chi connectivity index (χ0v) is 21.7. The van der Waals surface area contributed by atoms with E-state index in [1.54, 1.807) is 34.1 Å². The van der Waals surface area contributed by atoms with Gasteiger partial charge in [0, 0.05) is 31.2 Å². The number of nitrogens with zero attached hydrogens (tertiary/aromatic N) is 5. The summed E-state index contributed by atoms with van der Waals surface area (Å²) in [6.07, 6.45) is 5.12. The van der Waals surface area contributed by atoms with E-state index in [0.29, 0.717) is 35.8 Å². The summed E-state index contributed by atoms with van der Waals surface area (Å²) in [6, 6.07) is 17.9. The molecule has 3 heterocycles. The molecule has 1 aliphatic heterocycles. The van der Waals surface area contributed by atoms with Crippen molar-refractivity contribution in [2.75, 3.05) is 18.1 Å². The van der Waals surface area contributed by atoms with Crippen LogP contribution in [0.2, 0.25) is 0 Å². The van der Waals surface area contributed by atoms with Gasteiger partial charge in [0.1, 0.15) is 18.1 Å². The summed E-state index contributed by atoms with van der Waals surface area (Å²) in [5.74, 6) is -0.233. The molecule has 1 aliphatic rings. The minimum Gasteiger partial charge on any atom is -0.376 e. The summed E-state index contributed by atoms with van der Waals surface area (Å²) in [5, 5.41) is 11.4. The van der Waals surface area contributed by atoms with Crippen molar-refractivity contribution in [1.82, 2.24) is 25.3 Å². The minimum absolute atomic E-state index is 0.0203. The maximum absolute atomic E-state index is 14.1. The Bertz CT molecular complexity index is 1380. The van der Waals surface area contributed by atoms with Crippen LogP contribution in [0.15, 0.2) is 73.1 Å². The number of anilines is 1. The lowest BCUT2D eigenvalue weighted by Gasteiger charge is -2.32. The van der Waals surface area contributed by atoms with Crippen molar-refractivity contribution in [3.8, 4) is 0 Å². The summed E-state index contributed by atoms with van der Waals surface area (Å²) in [7, 11) is 0. The van der Waals surface area contributed by atoms with Crippen molar-refractivity contribution in [1.29, 1.82) is 0 Å². The Kier molecular flexibility index (Phi) is 7.74. The van der Waals surface area contributed by atoms with Gasteiger partial charge in [-0.2, -0.15) is 0 Å². The van der Waals surface area contributed by atoms with E-state index in [2.05, 4.69) is 34.5 Å². The number of pyridine rings is 1. The molecule has 0 radical (unpaired) electrons. The van der Waals surface area contributed by atoms with Crippen LogP contribution in [0, 0.1) is 0 Å². The number of carbonyl (C=O) groups is 2. The van der Waals surface area contributed by atoms with Crippen LogP contribution < -0.4 is 10.2 Å². The first-order chi connectivity index (χ1) is 18.5. The van der Waals surface area contributed by atoms with Gasteiger partial charge in [-0.1, -0.05) is 43.3 Å². The summed E-state index contributed by atoms with van der Waals surface area (Å²) in [6.45, 7) is 5.25. The van der Waals surface area contributed by atoms with Crippen molar-refractivity contribution in [3.05, 3.63) is 84.2 Å². The third-order valence-electron chi connectivity index (χ3n) is 6.87. The standard InChI is InChI=1S/C29H32N6O3/c1-20(2)21-9-11-23(12-10-21)35(27(36)19-34-26-8-4-3-7-25(26)32-33-34)28(22-13-15-30-16-14-22)29(37)31-18-24-6-5-17-38-24/h3-4,7-16,20,24,28H,5-6,17-19H2,1-2H3,(H,31,37)/t24-,28+/m0/s1. The lowest BCUT2D eigenvalue weighted by Crippen LogP contribution is -2.46. The predicted octanol–water partition coefficient (Wildman–Crippen LogP) is 4.02.